The summed E-state index contributed by atoms with van der Waals surface area (Å²) in [5.74, 6) is 0.479. The number of rotatable bonds is 4. The van der Waals surface area contributed by atoms with E-state index in [0.717, 1.165) is 24.1 Å². The van der Waals surface area contributed by atoms with Crippen LogP contribution in [0.15, 0.2) is 39.9 Å². The second-order valence-corrected chi connectivity index (χ2v) is 4.87. The number of carbonyl (C=O) groups is 1. The minimum absolute atomic E-state index is 0.135. The molecule has 2 aromatic rings. The molecule has 6 heteroatoms. The fourth-order valence-corrected chi connectivity index (χ4v) is 2.23. The smallest absolute Gasteiger partial charge is 0.254 e. The van der Waals surface area contributed by atoms with Crippen LogP contribution in [0.2, 0.25) is 0 Å². The second-order valence-electron chi connectivity index (χ2n) is 4.87. The molecule has 0 radical (unpaired) electrons. The zero-order valence-corrected chi connectivity index (χ0v) is 11.6. The molecule has 0 saturated carbocycles. The van der Waals surface area contributed by atoms with Crippen LogP contribution in [0, 0.1) is 0 Å². The van der Waals surface area contributed by atoms with Crippen molar-refractivity contribution in [3.05, 3.63) is 36.1 Å². The average Bonchev–Trinajstić information content (AvgIpc) is 2.91. The summed E-state index contributed by atoms with van der Waals surface area (Å²) in [7, 11) is 0. The SMILES string of the molecule is O=C(CN1CCOCC1)NN=Cc1cc2ccccc2o1. The summed E-state index contributed by atoms with van der Waals surface area (Å²) in [6, 6.07) is 9.60. The molecule has 0 spiro atoms. The van der Waals surface area contributed by atoms with E-state index in [1.165, 1.54) is 6.21 Å². The van der Waals surface area contributed by atoms with Gasteiger partial charge in [-0.1, -0.05) is 18.2 Å². The maximum atomic E-state index is 11.7. The maximum absolute atomic E-state index is 11.7. The summed E-state index contributed by atoms with van der Waals surface area (Å²) in [5, 5.41) is 4.94. The Labute approximate surface area is 122 Å². The van der Waals surface area contributed by atoms with Crippen molar-refractivity contribution in [1.82, 2.24) is 10.3 Å². The molecule has 0 bridgehead atoms. The summed E-state index contributed by atoms with van der Waals surface area (Å²) in [5.41, 5.74) is 3.32. The first-order valence-electron chi connectivity index (χ1n) is 6.92. The molecule has 1 fully saturated rings. The number of carbonyl (C=O) groups excluding carboxylic acids is 1. The molecule has 21 heavy (non-hydrogen) atoms. The van der Waals surface area contributed by atoms with Gasteiger partial charge in [0.2, 0.25) is 0 Å². The van der Waals surface area contributed by atoms with E-state index in [1.807, 2.05) is 35.2 Å². The Bertz CT molecular complexity index is 611. The van der Waals surface area contributed by atoms with E-state index < -0.39 is 0 Å². The molecule has 110 valence electrons. The lowest BCUT2D eigenvalue weighted by atomic mass is 10.2. The molecule has 1 aliphatic rings. The molecular weight excluding hydrogens is 270 g/mol. The van der Waals surface area contributed by atoms with Gasteiger partial charge in [0.15, 0.2) is 0 Å². The van der Waals surface area contributed by atoms with E-state index in [9.17, 15) is 4.79 Å². The van der Waals surface area contributed by atoms with Crippen molar-refractivity contribution < 1.29 is 13.9 Å². The normalized spacial score (nSPS) is 16.6. The van der Waals surface area contributed by atoms with Crippen molar-refractivity contribution in [3.63, 3.8) is 0 Å². The minimum atomic E-state index is -0.135. The van der Waals surface area contributed by atoms with Crippen molar-refractivity contribution in [1.29, 1.82) is 0 Å². The fourth-order valence-electron chi connectivity index (χ4n) is 2.23. The van der Waals surface area contributed by atoms with Gasteiger partial charge in [-0.3, -0.25) is 9.69 Å². The van der Waals surface area contributed by atoms with Crippen LogP contribution in [-0.4, -0.2) is 49.9 Å². The summed E-state index contributed by atoms with van der Waals surface area (Å²) in [6.45, 7) is 3.24. The molecule has 1 aromatic heterocycles. The Morgan fingerprint density at radius 1 is 1.33 bits per heavy atom. The molecule has 1 aromatic carbocycles. The summed E-state index contributed by atoms with van der Waals surface area (Å²) in [4.78, 5) is 13.8. The summed E-state index contributed by atoms with van der Waals surface area (Å²) >= 11 is 0. The molecule has 2 heterocycles. The first-order valence-corrected chi connectivity index (χ1v) is 6.92. The van der Waals surface area contributed by atoms with Crippen molar-refractivity contribution in [2.24, 2.45) is 5.10 Å². The molecule has 1 amide bonds. The van der Waals surface area contributed by atoms with Gasteiger partial charge < -0.3 is 9.15 Å². The van der Waals surface area contributed by atoms with E-state index in [4.69, 9.17) is 9.15 Å². The first-order chi connectivity index (χ1) is 10.3. The molecule has 0 aliphatic carbocycles. The highest BCUT2D eigenvalue weighted by atomic mass is 16.5. The van der Waals surface area contributed by atoms with Crippen molar-refractivity contribution in [2.75, 3.05) is 32.8 Å². The number of ether oxygens (including phenoxy) is 1. The molecule has 1 N–H and O–H groups in total. The number of hydrogen-bond donors (Lipinski definition) is 1. The maximum Gasteiger partial charge on any atom is 0.254 e. The highest BCUT2D eigenvalue weighted by molar-refractivity contribution is 5.87. The zero-order chi connectivity index (χ0) is 14.5. The quantitative estimate of drug-likeness (QED) is 0.678. The van der Waals surface area contributed by atoms with Gasteiger partial charge in [0.1, 0.15) is 11.3 Å². The Morgan fingerprint density at radius 3 is 2.95 bits per heavy atom. The molecule has 3 rings (SSSR count). The third-order valence-electron chi connectivity index (χ3n) is 3.30. The number of para-hydroxylation sites is 1. The van der Waals surface area contributed by atoms with Crippen LogP contribution < -0.4 is 5.43 Å². The summed E-state index contributed by atoms with van der Waals surface area (Å²) < 4.78 is 10.8. The highest BCUT2D eigenvalue weighted by Gasteiger charge is 2.13. The van der Waals surface area contributed by atoms with E-state index in [1.54, 1.807) is 0 Å². The van der Waals surface area contributed by atoms with Crippen molar-refractivity contribution >= 4 is 23.1 Å². The van der Waals surface area contributed by atoms with E-state index in [0.29, 0.717) is 25.5 Å². The van der Waals surface area contributed by atoms with Gasteiger partial charge in [-0.2, -0.15) is 5.10 Å². The van der Waals surface area contributed by atoms with E-state index in [2.05, 4.69) is 10.5 Å². The van der Waals surface area contributed by atoms with Gasteiger partial charge in [-0.05, 0) is 12.1 Å². The number of furan rings is 1. The highest BCUT2D eigenvalue weighted by Crippen LogP contribution is 2.17. The Balaban J connectivity index is 1.52. The van der Waals surface area contributed by atoms with Crippen LogP contribution in [0.5, 0.6) is 0 Å². The predicted molar refractivity (Wildman–Crippen MR) is 79.2 cm³/mol. The third-order valence-corrected chi connectivity index (χ3v) is 3.30. The number of fused-ring (bicyclic) bond motifs is 1. The third kappa shape index (κ3) is 3.68. The Hall–Kier alpha value is -2.18. The number of benzene rings is 1. The number of hydrazone groups is 1. The van der Waals surface area contributed by atoms with Crippen molar-refractivity contribution in [2.45, 2.75) is 0 Å². The second kappa shape index (κ2) is 6.51. The summed E-state index contributed by atoms with van der Waals surface area (Å²) in [6.07, 6.45) is 1.51. The standard InChI is InChI=1S/C15H17N3O3/c19-15(11-18-5-7-20-8-6-18)17-16-10-13-9-12-3-1-2-4-14(12)21-13/h1-4,9-10H,5-8,11H2,(H,17,19). The van der Waals surface area contributed by atoms with E-state index in [-0.39, 0.29) is 5.91 Å². The van der Waals surface area contributed by atoms with Gasteiger partial charge in [0.05, 0.1) is 26.0 Å². The van der Waals surface area contributed by atoms with Gasteiger partial charge >= 0.3 is 0 Å². The van der Waals surface area contributed by atoms with Crippen LogP contribution >= 0.6 is 0 Å². The van der Waals surface area contributed by atoms with Gasteiger partial charge in [0, 0.05) is 18.5 Å². The lowest BCUT2D eigenvalue weighted by Gasteiger charge is -2.25. The number of hydrogen-bond acceptors (Lipinski definition) is 5. The monoisotopic (exact) mass is 287 g/mol. The number of morpholine rings is 1. The Morgan fingerprint density at radius 2 is 2.14 bits per heavy atom. The zero-order valence-electron chi connectivity index (χ0n) is 11.6. The lowest BCUT2D eigenvalue weighted by molar-refractivity contribution is -0.123. The Kier molecular flexibility index (Phi) is 4.28. The molecule has 0 atom stereocenters. The number of amides is 1. The molecular formula is C15H17N3O3. The molecule has 1 aliphatic heterocycles. The molecule has 1 saturated heterocycles. The van der Waals surface area contributed by atoms with Gasteiger partial charge in [-0.15, -0.1) is 0 Å². The number of nitrogens with one attached hydrogen (secondary N) is 1. The van der Waals surface area contributed by atoms with Gasteiger partial charge in [0.25, 0.3) is 5.91 Å². The minimum Gasteiger partial charge on any atom is -0.455 e. The fraction of sp³-hybridized carbons (Fsp3) is 0.333. The lowest BCUT2D eigenvalue weighted by Crippen LogP contribution is -2.42. The molecule has 0 unspecified atom stereocenters. The first kappa shape index (κ1) is 13.8. The van der Waals surface area contributed by atoms with Crippen LogP contribution in [0.4, 0.5) is 0 Å². The van der Waals surface area contributed by atoms with Crippen LogP contribution in [0.25, 0.3) is 11.0 Å². The van der Waals surface area contributed by atoms with Crippen LogP contribution in [0.1, 0.15) is 5.76 Å². The van der Waals surface area contributed by atoms with Crippen LogP contribution in [0.3, 0.4) is 0 Å². The predicted octanol–water partition coefficient (Wildman–Crippen LogP) is 1.22. The topological polar surface area (TPSA) is 67.1 Å². The molecule has 6 nitrogen and oxygen atoms in total. The van der Waals surface area contributed by atoms with Gasteiger partial charge in [-0.25, -0.2) is 5.43 Å². The number of nitrogens with zero attached hydrogens (tertiary/aromatic N) is 2. The van der Waals surface area contributed by atoms with Crippen LogP contribution in [-0.2, 0) is 9.53 Å². The largest absolute Gasteiger partial charge is 0.455 e. The van der Waals surface area contributed by atoms with Crippen molar-refractivity contribution in [3.8, 4) is 0 Å². The van der Waals surface area contributed by atoms with E-state index >= 15 is 0 Å². The average molecular weight is 287 g/mol.